The smallest absolute Gasteiger partial charge is 0.236 e. The number of carbonyl (C=O) groups excluding carboxylic acids is 1. The number of thioether (sulfide) groups is 1. The van der Waals surface area contributed by atoms with Crippen LogP contribution in [0.2, 0.25) is 0 Å². The molecule has 158 valence electrons. The van der Waals surface area contributed by atoms with Gasteiger partial charge in [-0.1, -0.05) is 42.1 Å². The SMILES string of the molecule is COc1ccc(OC)c(-c2csc(NC(=O)CSc3n[nH]c(-c4ccccc4)n3)n2)c1. The number of methoxy groups -OCH3 is 2. The molecule has 2 heterocycles. The highest BCUT2D eigenvalue weighted by Gasteiger charge is 2.14. The molecule has 0 bridgehead atoms. The molecule has 31 heavy (non-hydrogen) atoms. The standard InChI is InChI=1S/C21H19N5O3S2/c1-28-14-8-9-17(29-2)15(10-14)16-11-30-20(22-16)23-18(27)12-31-21-24-19(25-26-21)13-6-4-3-5-7-13/h3-11H,12H2,1-2H3,(H,22,23,27)(H,24,25,26). The molecule has 0 aliphatic carbocycles. The van der Waals surface area contributed by atoms with E-state index in [1.54, 1.807) is 14.2 Å². The first-order valence-corrected chi connectivity index (χ1v) is 11.1. The van der Waals surface area contributed by atoms with Gasteiger partial charge in [-0.05, 0) is 18.2 Å². The average Bonchev–Trinajstić information content (AvgIpc) is 3.47. The van der Waals surface area contributed by atoms with Crippen LogP contribution in [0.1, 0.15) is 0 Å². The number of aromatic amines is 1. The minimum Gasteiger partial charge on any atom is -0.497 e. The van der Waals surface area contributed by atoms with Crippen LogP contribution in [0, 0.1) is 0 Å². The quantitative estimate of drug-likeness (QED) is 0.383. The fourth-order valence-corrected chi connectivity index (χ4v) is 4.12. The molecule has 2 aromatic heterocycles. The Morgan fingerprint density at radius 1 is 1.13 bits per heavy atom. The summed E-state index contributed by atoms with van der Waals surface area (Å²) < 4.78 is 10.7. The van der Waals surface area contributed by atoms with Crippen molar-refractivity contribution in [3.63, 3.8) is 0 Å². The van der Waals surface area contributed by atoms with E-state index in [0.29, 0.717) is 33.3 Å². The molecule has 10 heteroatoms. The van der Waals surface area contributed by atoms with Gasteiger partial charge in [-0.2, -0.15) is 0 Å². The Labute approximate surface area is 187 Å². The number of carbonyl (C=O) groups is 1. The highest BCUT2D eigenvalue weighted by atomic mass is 32.2. The fraction of sp³-hybridized carbons (Fsp3) is 0.143. The van der Waals surface area contributed by atoms with Gasteiger partial charge in [0.2, 0.25) is 11.1 Å². The van der Waals surface area contributed by atoms with E-state index in [-0.39, 0.29) is 11.7 Å². The molecule has 8 nitrogen and oxygen atoms in total. The number of ether oxygens (including phenoxy) is 2. The lowest BCUT2D eigenvalue weighted by molar-refractivity contribution is -0.113. The van der Waals surface area contributed by atoms with Gasteiger partial charge in [0.1, 0.15) is 11.5 Å². The molecule has 2 N–H and O–H groups in total. The normalized spacial score (nSPS) is 10.6. The van der Waals surface area contributed by atoms with E-state index in [1.807, 2.05) is 53.9 Å². The molecule has 0 fully saturated rings. The summed E-state index contributed by atoms with van der Waals surface area (Å²) in [5.74, 6) is 2.03. The lowest BCUT2D eigenvalue weighted by atomic mass is 10.1. The van der Waals surface area contributed by atoms with Crippen molar-refractivity contribution in [1.29, 1.82) is 0 Å². The summed E-state index contributed by atoms with van der Waals surface area (Å²) in [6, 6.07) is 15.2. The number of rotatable bonds is 8. The van der Waals surface area contributed by atoms with E-state index in [0.717, 1.165) is 11.1 Å². The molecule has 4 aromatic rings. The second-order valence-electron chi connectivity index (χ2n) is 6.27. The number of nitrogens with zero attached hydrogens (tertiary/aromatic N) is 3. The lowest BCUT2D eigenvalue weighted by Crippen LogP contribution is -2.13. The zero-order valence-electron chi connectivity index (χ0n) is 16.8. The largest absolute Gasteiger partial charge is 0.497 e. The molecule has 0 spiro atoms. The first kappa shape index (κ1) is 20.9. The molecule has 0 aliphatic rings. The highest BCUT2D eigenvalue weighted by Crippen LogP contribution is 2.35. The third-order valence-electron chi connectivity index (χ3n) is 4.28. The molecule has 2 aromatic carbocycles. The van der Waals surface area contributed by atoms with Crippen molar-refractivity contribution < 1.29 is 14.3 Å². The van der Waals surface area contributed by atoms with Gasteiger partial charge < -0.3 is 14.8 Å². The number of anilines is 1. The van der Waals surface area contributed by atoms with E-state index in [4.69, 9.17) is 9.47 Å². The van der Waals surface area contributed by atoms with E-state index >= 15 is 0 Å². The van der Waals surface area contributed by atoms with Gasteiger partial charge in [0, 0.05) is 16.5 Å². The molecule has 0 atom stereocenters. The summed E-state index contributed by atoms with van der Waals surface area (Å²) in [7, 11) is 3.21. The molecular formula is C21H19N5O3S2. The number of hydrogen-bond donors (Lipinski definition) is 2. The maximum atomic E-state index is 12.4. The van der Waals surface area contributed by atoms with E-state index < -0.39 is 0 Å². The molecule has 4 rings (SSSR count). The second kappa shape index (κ2) is 9.63. The van der Waals surface area contributed by atoms with Crippen LogP contribution in [0.5, 0.6) is 11.5 Å². The minimum absolute atomic E-state index is 0.170. The van der Waals surface area contributed by atoms with Crippen LogP contribution in [-0.4, -0.2) is 46.0 Å². The molecular weight excluding hydrogens is 434 g/mol. The van der Waals surface area contributed by atoms with Crippen molar-refractivity contribution in [2.75, 3.05) is 25.3 Å². The van der Waals surface area contributed by atoms with Crippen LogP contribution in [-0.2, 0) is 4.79 Å². The third kappa shape index (κ3) is 5.04. The van der Waals surface area contributed by atoms with Crippen LogP contribution in [0.3, 0.4) is 0 Å². The molecule has 0 radical (unpaired) electrons. The summed E-state index contributed by atoms with van der Waals surface area (Å²) in [6.07, 6.45) is 0. The highest BCUT2D eigenvalue weighted by molar-refractivity contribution is 7.99. The van der Waals surface area contributed by atoms with Crippen LogP contribution in [0.15, 0.2) is 59.1 Å². The number of amides is 1. The summed E-state index contributed by atoms with van der Waals surface area (Å²) in [5, 5.41) is 12.7. The van der Waals surface area contributed by atoms with E-state index in [9.17, 15) is 4.79 Å². The zero-order valence-corrected chi connectivity index (χ0v) is 18.4. The summed E-state index contributed by atoms with van der Waals surface area (Å²) >= 11 is 2.59. The van der Waals surface area contributed by atoms with E-state index in [2.05, 4.69) is 25.5 Å². The maximum Gasteiger partial charge on any atom is 0.236 e. The Morgan fingerprint density at radius 2 is 1.97 bits per heavy atom. The van der Waals surface area contributed by atoms with Crippen LogP contribution < -0.4 is 14.8 Å². The lowest BCUT2D eigenvalue weighted by Gasteiger charge is -2.08. The number of nitrogens with one attached hydrogen (secondary N) is 2. The number of hydrogen-bond acceptors (Lipinski definition) is 8. The predicted octanol–water partition coefficient (Wildman–Crippen LogP) is 4.34. The van der Waals surface area contributed by atoms with Crippen molar-refractivity contribution in [3.8, 4) is 34.1 Å². The summed E-state index contributed by atoms with van der Waals surface area (Å²) in [6.45, 7) is 0. The first-order valence-electron chi connectivity index (χ1n) is 9.24. The topological polar surface area (TPSA) is 102 Å². The molecule has 0 saturated carbocycles. The Hall–Kier alpha value is -3.37. The van der Waals surface area contributed by atoms with Crippen molar-refractivity contribution in [1.82, 2.24) is 20.2 Å². The number of aromatic nitrogens is 4. The molecule has 0 aliphatic heterocycles. The van der Waals surface area contributed by atoms with Gasteiger partial charge in [0.15, 0.2) is 11.0 Å². The number of H-pyrrole nitrogens is 1. The van der Waals surface area contributed by atoms with Crippen molar-refractivity contribution in [2.45, 2.75) is 5.16 Å². The number of thiazole rings is 1. The first-order chi connectivity index (χ1) is 15.2. The number of benzene rings is 2. The fourth-order valence-electron chi connectivity index (χ4n) is 2.79. The van der Waals surface area contributed by atoms with Gasteiger partial charge in [0.25, 0.3) is 0 Å². The average molecular weight is 454 g/mol. The zero-order chi connectivity index (χ0) is 21.6. The van der Waals surface area contributed by atoms with Gasteiger partial charge in [0.05, 0.1) is 25.7 Å². The summed E-state index contributed by atoms with van der Waals surface area (Å²) in [5.41, 5.74) is 2.43. The van der Waals surface area contributed by atoms with Crippen molar-refractivity contribution >= 4 is 34.1 Å². The van der Waals surface area contributed by atoms with Gasteiger partial charge in [-0.3, -0.25) is 9.89 Å². The molecule has 0 saturated heterocycles. The Bertz CT molecular complexity index is 1180. The maximum absolute atomic E-state index is 12.4. The molecule has 0 unspecified atom stereocenters. The van der Waals surface area contributed by atoms with Gasteiger partial charge in [-0.25, -0.2) is 9.97 Å². The van der Waals surface area contributed by atoms with Crippen molar-refractivity contribution in [3.05, 3.63) is 53.9 Å². The van der Waals surface area contributed by atoms with Crippen LogP contribution in [0.4, 0.5) is 5.13 Å². The van der Waals surface area contributed by atoms with Crippen LogP contribution >= 0.6 is 23.1 Å². The predicted molar refractivity (Wildman–Crippen MR) is 122 cm³/mol. The van der Waals surface area contributed by atoms with Gasteiger partial charge in [-0.15, -0.1) is 16.4 Å². The Balaban J connectivity index is 1.37. The molecule has 1 amide bonds. The Morgan fingerprint density at radius 3 is 2.74 bits per heavy atom. The van der Waals surface area contributed by atoms with E-state index in [1.165, 1.54) is 23.1 Å². The monoisotopic (exact) mass is 453 g/mol. The second-order valence-corrected chi connectivity index (χ2v) is 8.07. The van der Waals surface area contributed by atoms with Crippen molar-refractivity contribution in [2.24, 2.45) is 0 Å². The third-order valence-corrected chi connectivity index (χ3v) is 5.88. The van der Waals surface area contributed by atoms with Gasteiger partial charge >= 0.3 is 0 Å². The minimum atomic E-state index is -0.186. The summed E-state index contributed by atoms with van der Waals surface area (Å²) in [4.78, 5) is 21.3. The van der Waals surface area contributed by atoms with Crippen LogP contribution in [0.25, 0.3) is 22.6 Å². The Kier molecular flexibility index (Phi) is 6.48.